The molecule has 0 unspecified atom stereocenters. The van der Waals surface area contributed by atoms with E-state index in [4.69, 9.17) is 23.2 Å². The lowest BCUT2D eigenvalue weighted by Crippen LogP contribution is -2.45. The van der Waals surface area contributed by atoms with Crippen LogP contribution in [0.1, 0.15) is 20.8 Å². The Kier molecular flexibility index (Phi) is 3.80. The molecule has 1 aromatic heterocycles. The quantitative estimate of drug-likeness (QED) is 0.822. The van der Waals surface area contributed by atoms with Gasteiger partial charge in [0.15, 0.2) is 0 Å². The highest BCUT2D eigenvalue weighted by Gasteiger charge is 2.23. The van der Waals surface area contributed by atoms with Gasteiger partial charge < -0.3 is 0 Å². The van der Waals surface area contributed by atoms with E-state index in [1.165, 1.54) is 0 Å². The molecule has 0 saturated heterocycles. The summed E-state index contributed by atoms with van der Waals surface area (Å²) in [5.41, 5.74) is -0.960. The van der Waals surface area contributed by atoms with Gasteiger partial charge in [-0.15, -0.1) is 0 Å². The van der Waals surface area contributed by atoms with Crippen molar-refractivity contribution in [1.29, 1.82) is 0 Å². The lowest BCUT2D eigenvalue weighted by atomic mass is 10.1. The summed E-state index contributed by atoms with van der Waals surface area (Å²) in [7, 11) is 0. The number of aromatic nitrogens is 2. The van der Waals surface area contributed by atoms with Crippen molar-refractivity contribution in [2.75, 3.05) is 0 Å². The predicted molar refractivity (Wildman–Crippen MR) is 81.8 cm³/mol. The van der Waals surface area contributed by atoms with Crippen LogP contribution in [0, 0.1) is 0 Å². The van der Waals surface area contributed by atoms with E-state index in [0.717, 1.165) is 4.57 Å². The molecular weight excluding hydrogens is 299 g/mol. The topological polar surface area (TPSA) is 54.9 Å². The molecular formula is C14H14Cl2N2O2. The number of hydrogen-bond donors (Lipinski definition) is 1. The van der Waals surface area contributed by atoms with Crippen molar-refractivity contribution >= 4 is 23.2 Å². The highest BCUT2D eigenvalue weighted by molar-refractivity contribution is 6.35. The van der Waals surface area contributed by atoms with Gasteiger partial charge in [0, 0.05) is 16.1 Å². The van der Waals surface area contributed by atoms with E-state index in [1.807, 2.05) is 0 Å². The maximum Gasteiger partial charge on any atom is 0.330 e. The van der Waals surface area contributed by atoms with Crippen LogP contribution in [0.15, 0.2) is 33.9 Å². The zero-order valence-electron chi connectivity index (χ0n) is 11.3. The summed E-state index contributed by atoms with van der Waals surface area (Å²) < 4.78 is 1.14. The molecule has 0 bridgehead atoms. The molecule has 2 rings (SSSR count). The molecule has 1 aromatic carbocycles. The molecule has 0 aliphatic heterocycles. The summed E-state index contributed by atoms with van der Waals surface area (Å²) in [6, 6.07) is 6.87. The average Bonchev–Trinajstić information content (AvgIpc) is 2.28. The first-order valence-corrected chi connectivity index (χ1v) is 6.79. The zero-order chi connectivity index (χ0) is 15.1. The lowest BCUT2D eigenvalue weighted by molar-refractivity contribution is 0.367. The number of H-pyrrole nitrogens is 1. The standard InChI is InChI=1S/C14H14Cl2N2O2/c1-14(2,3)18-12(19)10(11(16)17-13(18)20)8-6-4-5-7-9(8)15/h4-7H,1-3H3,(H,17,20). The van der Waals surface area contributed by atoms with E-state index in [9.17, 15) is 9.59 Å². The molecule has 0 aliphatic carbocycles. The third kappa shape index (κ3) is 2.53. The molecule has 0 atom stereocenters. The molecule has 4 nitrogen and oxygen atoms in total. The Morgan fingerprint density at radius 1 is 1.10 bits per heavy atom. The fourth-order valence-electron chi connectivity index (χ4n) is 2.02. The first kappa shape index (κ1) is 14.9. The van der Waals surface area contributed by atoms with Gasteiger partial charge in [0.25, 0.3) is 5.56 Å². The number of aromatic amines is 1. The Bertz CT molecular complexity index is 770. The maximum atomic E-state index is 12.6. The summed E-state index contributed by atoms with van der Waals surface area (Å²) in [5.74, 6) is 0. The van der Waals surface area contributed by atoms with Crippen LogP contribution in [-0.4, -0.2) is 9.55 Å². The smallest absolute Gasteiger partial charge is 0.297 e. The number of nitrogens with zero attached hydrogens (tertiary/aromatic N) is 1. The van der Waals surface area contributed by atoms with Crippen molar-refractivity contribution in [3.05, 3.63) is 55.3 Å². The van der Waals surface area contributed by atoms with Crippen LogP contribution in [0.4, 0.5) is 0 Å². The molecule has 1 heterocycles. The summed E-state index contributed by atoms with van der Waals surface area (Å²) in [6.07, 6.45) is 0. The Labute approximate surface area is 126 Å². The predicted octanol–water partition coefficient (Wildman–Crippen LogP) is 3.27. The third-order valence-corrected chi connectivity index (χ3v) is 3.48. The minimum absolute atomic E-state index is 0.00593. The Morgan fingerprint density at radius 2 is 1.70 bits per heavy atom. The van der Waals surface area contributed by atoms with E-state index in [0.29, 0.717) is 10.6 Å². The molecule has 20 heavy (non-hydrogen) atoms. The van der Waals surface area contributed by atoms with Crippen LogP contribution >= 0.6 is 23.2 Å². The molecule has 0 spiro atoms. The minimum Gasteiger partial charge on any atom is -0.297 e. The average molecular weight is 313 g/mol. The number of halogens is 2. The molecule has 0 fully saturated rings. The van der Waals surface area contributed by atoms with Crippen LogP contribution in [0.2, 0.25) is 10.2 Å². The number of rotatable bonds is 1. The summed E-state index contributed by atoms with van der Waals surface area (Å²) in [6.45, 7) is 5.32. The summed E-state index contributed by atoms with van der Waals surface area (Å²) in [5, 5.41) is 0.396. The van der Waals surface area contributed by atoms with Crippen LogP contribution in [0.5, 0.6) is 0 Å². The lowest BCUT2D eigenvalue weighted by Gasteiger charge is -2.22. The first-order valence-electron chi connectivity index (χ1n) is 6.03. The van der Waals surface area contributed by atoms with Crippen molar-refractivity contribution < 1.29 is 0 Å². The minimum atomic E-state index is -0.661. The fraction of sp³-hybridized carbons (Fsp3) is 0.286. The van der Waals surface area contributed by atoms with E-state index < -0.39 is 16.8 Å². The van der Waals surface area contributed by atoms with Crippen LogP contribution in [0.25, 0.3) is 11.1 Å². The number of benzene rings is 1. The molecule has 0 amide bonds. The van der Waals surface area contributed by atoms with Gasteiger partial charge in [0.05, 0.1) is 5.56 Å². The van der Waals surface area contributed by atoms with Crippen molar-refractivity contribution in [2.45, 2.75) is 26.3 Å². The monoisotopic (exact) mass is 312 g/mol. The second-order valence-corrected chi connectivity index (χ2v) is 6.20. The van der Waals surface area contributed by atoms with Gasteiger partial charge >= 0.3 is 5.69 Å². The highest BCUT2D eigenvalue weighted by atomic mass is 35.5. The van der Waals surface area contributed by atoms with E-state index in [1.54, 1.807) is 45.0 Å². The zero-order valence-corrected chi connectivity index (χ0v) is 12.8. The third-order valence-electron chi connectivity index (χ3n) is 2.87. The molecule has 1 N–H and O–H groups in total. The Balaban J connectivity index is 2.90. The van der Waals surface area contributed by atoms with Crippen LogP contribution in [0.3, 0.4) is 0 Å². The van der Waals surface area contributed by atoms with Gasteiger partial charge in [0.1, 0.15) is 5.15 Å². The Hall–Kier alpha value is -1.52. The molecule has 0 saturated carbocycles. The summed E-state index contributed by atoms with van der Waals surface area (Å²) >= 11 is 12.1. The van der Waals surface area contributed by atoms with Crippen molar-refractivity contribution in [3.63, 3.8) is 0 Å². The van der Waals surface area contributed by atoms with Crippen molar-refractivity contribution in [3.8, 4) is 11.1 Å². The number of nitrogens with one attached hydrogen (secondary N) is 1. The Morgan fingerprint density at radius 3 is 2.25 bits per heavy atom. The van der Waals surface area contributed by atoms with Gasteiger partial charge in [0.2, 0.25) is 0 Å². The van der Waals surface area contributed by atoms with E-state index >= 15 is 0 Å². The second-order valence-electron chi connectivity index (χ2n) is 5.41. The summed E-state index contributed by atoms with van der Waals surface area (Å²) in [4.78, 5) is 27.1. The van der Waals surface area contributed by atoms with Gasteiger partial charge in [-0.2, -0.15) is 0 Å². The fourth-order valence-corrected chi connectivity index (χ4v) is 2.51. The van der Waals surface area contributed by atoms with E-state index in [-0.39, 0.29) is 10.7 Å². The second kappa shape index (κ2) is 5.11. The number of hydrogen-bond acceptors (Lipinski definition) is 2. The molecule has 6 heteroatoms. The maximum absolute atomic E-state index is 12.6. The molecule has 106 valence electrons. The molecule has 0 radical (unpaired) electrons. The normalized spacial score (nSPS) is 11.7. The first-order chi connectivity index (χ1) is 9.23. The molecule has 0 aliphatic rings. The molecule has 2 aromatic rings. The van der Waals surface area contributed by atoms with Gasteiger partial charge in [-0.05, 0) is 26.8 Å². The van der Waals surface area contributed by atoms with E-state index in [2.05, 4.69) is 4.98 Å². The van der Waals surface area contributed by atoms with Gasteiger partial charge in [-0.1, -0.05) is 41.4 Å². The van der Waals surface area contributed by atoms with Crippen LogP contribution < -0.4 is 11.2 Å². The van der Waals surface area contributed by atoms with Crippen molar-refractivity contribution in [2.24, 2.45) is 0 Å². The van der Waals surface area contributed by atoms with Crippen molar-refractivity contribution in [1.82, 2.24) is 9.55 Å². The van der Waals surface area contributed by atoms with Crippen LogP contribution in [-0.2, 0) is 5.54 Å². The van der Waals surface area contributed by atoms with Gasteiger partial charge in [-0.3, -0.25) is 14.3 Å². The largest absolute Gasteiger partial charge is 0.330 e. The highest BCUT2D eigenvalue weighted by Crippen LogP contribution is 2.29. The SMILES string of the molecule is CC(C)(C)n1c(=O)[nH]c(Cl)c(-c2ccccc2Cl)c1=O. The van der Waals surface area contributed by atoms with Gasteiger partial charge in [-0.25, -0.2) is 4.79 Å².